The molecule has 0 saturated heterocycles. The molecule has 0 fully saturated rings. The molecule has 0 bridgehead atoms. The Labute approximate surface area is 790 Å². The lowest BCUT2D eigenvalue weighted by atomic mass is 9.66. The lowest BCUT2D eigenvalue weighted by molar-refractivity contribution is 0.624. The van der Waals surface area contributed by atoms with Crippen LogP contribution < -0.4 is 19.6 Å². The number of hydrogen-bond acceptors (Lipinski definition) is 4. The molecule has 0 N–H and O–H groups in total. The zero-order valence-corrected chi connectivity index (χ0v) is 74.6. The molecule has 6 aliphatic carbocycles. The first-order valence-corrected chi connectivity index (χ1v) is 47.3. The Morgan fingerprint density at radius 2 is 0.346 bits per heavy atom. The third-order valence-electron chi connectivity index (χ3n) is 30.2. The van der Waals surface area contributed by atoms with Gasteiger partial charge in [-0.05, 0) is 376 Å². The average Bonchev–Trinajstić information content (AvgIpc) is 1.53. The van der Waals surface area contributed by atoms with E-state index < -0.39 is 16.2 Å². The predicted octanol–water partition coefficient (Wildman–Crippen LogP) is 32.7. The van der Waals surface area contributed by atoms with E-state index in [9.17, 15) is 0 Å². The molecule has 20 aromatic rings. The standard InChI is InChI=1S/C129H89F3N4/c130-100-55-49-94(50-56-100)127(97-46-35-88-29-32-91(88)77-97)121-27-15-13-25-115(121)117-73-69-111(80-123(117)127)133(103-17-5-1-6-18-103)107-61-38-84(39-62-107)86-42-65-109(66-43-86)135(105-21-9-3-10-22-105)113-71-75-119-120-76-72-114(83-126(120)129(125(119)82-113,96-53-59-102(132)60-54-96)99-48-37-90-31-34-93(90)79-99)136(106-23-11-4-12-24-106)110-67-44-87(45-68-110)85-40-63-108(64-41-85)134(104-19-7-2-8-20-104)112-70-74-118-116-26-14-16-28-122(116)128(124(118)81-112,95-51-57-101(131)58-52-95)98-47-36-89-30-33-92(89)78-98/h1-28,35-83H,29-34H2. The Balaban J connectivity index is 0.543. The van der Waals surface area contributed by atoms with Gasteiger partial charge in [0.15, 0.2) is 0 Å². The second-order valence-corrected chi connectivity index (χ2v) is 37.1. The van der Waals surface area contributed by atoms with Crippen molar-refractivity contribution in [2.75, 3.05) is 19.6 Å². The maximum atomic E-state index is 15.9. The summed E-state index contributed by atoms with van der Waals surface area (Å²) in [6, 6.07) is 167. The molecular formula is C129H89F3N4. The number of benzene rings is 20. The summed E-state index contributed by atoms with van der Waals surface area (Å²) in [4.78, 5) is 9.45. The molecule has 0 aliphatic heterocycles. The summed E-state index contributed by atoms with van der Waals surface area (Å²) in [6.07, 6.45) is 6.27. The van der Waals surface area contributed by atoms with E-state index in [1.54, 1.807) is 36.4 Å². The Morgan fingerprint density at radius 1 is 0.147 bits per heavy atom. The van der Waals surface area contributed by atoms with Crippen LogP contribution in [0.5, 0.6) is 0 Å². The minimum atomic E-state index is -0.925. The van der Waals surface area contributed by atoms with Crippen LogP contribution in [-0.4, -0.2) is 0 Å². The molecular weight excluding hydrogens is 1660 g/mol. The van der Waals surface area contributed by atoms with E-state index >= 15 is 13.2 Å². The van der Waals surface area contributed by atoms with E-state index in [1.807, 2.05) is 36.4 Å². The summed E-state index contributed by atoms with van der Waals surface area (Å²) in [5.41, 5.74) is 42.7. The first-order valence-electron chi connectivity index (χ1n) is 47.3. The van der Waals surface area contributed by atoms with Crippen LogP contribution in [-0.2, 0) is 54.8 Å². The molecule has 0 heterocycles. The van der Waals surface area contributed by atoms with Crippen LogP contribution in [0.1, 0.15) is 100 Å². The second kappa shape index (κ2) is 32.1. The van der Waals surface area contributed by atoms with Crippen LogP contribution in [0.3, 0.4) is 0 Å². The second-order valence-electron chi connectivity index (χ2n) is 37.1. The van der Waals surface area contributed by atoms with Crippen molar-refractivity contribution in [3.8, 4) is 55.6 Å². The lowest BCUT2D eigenvalue weighted by Crippen LogP contribution is -2.30. The Morgan fingerprint density at radius 3 is 0.581 bits per heavy atom. The van der Waals surface area contributed by atoms with Gasteiger partial charge < -0.3 is 19.6 Å². The van der Waals surface area contributed by atoms with Gasteiger partial charge in [0, 0.05) is 68.2 Å². The van der Waals surface area contributed by atoms with Gasteiger partial charge in [0.25, 0.3) is 0 Å². The molecule has 26 rings (SSSR count). The molecule has 646 valence electrons. The normalized spacial score (nSPS) is 16.1. The number of anilines is 12. The number of aryl methyl sites for hydroxylation is 6. The number of rotatable bonds is 20. The number of para-hydroxylation sites is 4. The van der Waals surface area contributed by atoms with Gasteiger partial charge >= 0.3 is 0 Å². The molecule has 0 radical (unpaired) electrons. The van der Waals surface area contributed by atoms with Crippen LogP contribution in [0.4, 0.5) is 81.4 Å². The van der Waals surface area contributed by atoms with Crippen molar-refractivity contribution < 1.29 is 13.2 Å². The van der Waals surface area contributed by atoms with Crippen molar-refractivity contribution in [2.24, 2.45) is 0 Å². The Hall–Kier alpha value is -16.6. The average molecular weight is 1750 g/mol. The monoisotopic (exact) mass is 1750 g/mol. The minimum absolute atomic E-state index is 0.258. The molecule has 2 unspecified atom stereocenters. The SMILES string of the molecule is Fc1ccc(C2(c3ccc4c(c3)CC4)c3ccccc3-c3ccc(N(c4ccccc4)c4ccc(-c5ccc(N(c6ccccc6)c6ccc7c(c6)C(c6ccc(F)cc6)(c6ccc8c(c6)CC8)c6cc(N(c8ccccc8)c8ccc(-c9ccc(N(c%10ccccc%10)c%10ccc%11c(c%10)C(c%10ccc(F)cc%10)(c%10ccc%12c(c%10)CC%12)c%10ccccc%10-%11)cc9)cc8)ccc6-7)cc5)cc4)cc32)cc1. The predicted molar refractivity (Wildman–Crippen MR) is 550 cm³/mol. The smallest absolute Gasteiger partial charge is 0.123 e. The van der Waals surface area contributed by atoms with Gasteiger partial charge in [-0.3, -0.25) is 0 Å². The van der Waals surface area contributed by atoms with Crippen molar-refractivity contribution in [1.29, 1.82) is 0 Å². The van der Waals surface area contributed by atoms with Gasteiger partial charge in [-0.2, -0.15) is 0 Å². The number of nitrogens with zero attached hydrogens (tertiary/aromatic N) is 4. The van der Waals surface area contributed by atoms with Crippen molar-refractivity contribution in [3.63, 3.8) is 0 Å². The fourth-order valence-corrected chi connectivity index (χ4v) is 23.5. The Bertz CT molecular complexity index is 7660. The van der Waals surface area contributed by atoms with E-state index in [1.165, 1.54) is 77.9 Å². The molecule has 4 nitrogen and oxygen atoms in total. The summed E-state index contributed by atoms with van der Waals surface area (Å²) in [5, 5.41) is 0. The summed E-state index contributed by atoms with van der Waals surface area (Å²) in [5.74, 6) is -0.810. The zero-order valence-electron chi connectivity index (χ0n) is 74.6. The molecule has 0 aromatic heterocycles. The summed E-state index contributed by atoms with van der Waals surface area (Å²) >= 11 is 0. The molecule has 7 heteroatoms. The summed E-state index contributed by atoms with van der Waals surface area (Å²) in [7, 11) is 0. The van der Waals surface area contributed by atoms with Crippen LogP contribution in [0.25, 0.3) is 55.6 Å². The van der Waals surface area contributed by atoms with Gasteiger partial charge in [-0.25, -0.2) is 13.2 Å². The van der Waals surface area contributed by atoms with Crippen molar-refractivity contribution in [1.82, 2.24) is 0 Å². The lowest BCUT2D eigenvalue weighted by Gasteiger charge is -2.37. The molecule has 6 aliphatic rings. The van der Waals surface area contributed by atoms with Crippen LogP contribution in [0, 0.1) is 17.5 Å². The zero-order chi connectivity index (χ0) is 90.3. The highest BCUT2D eigenvalue weighted by Crippen LogP contribution is 2.63. The molecule has 0 amide bonds. The third kappa shape index (κ3) is 12.7. The first kappa shape index (κ1) is 80.3. The largest absolute Gasteiger partial charge is 0.310 e. The van der Waals surface area contributed by atoms with Crippen molar-refractivity contribution >= 4 is 68.2 Å². The van der Waals surface area contributed by atoms with E-state index in [0.29, 0.717) is 0 Å². The fraction of sp³-hybridized carbons (Fsp3) is 0.0698. The highest BCUT2D eigenvalue weighted by Gasteiger charge is 2.51. The Kier molecular flexibility index (Phi) is 19.0. The van der Waals surface area contributed by atoms with Gasteiger partial charge in [0.1, 0.15) is 17.5 Å². The highest BCUT2D eigenvalue weighted by molar-refractivity contribution is 5.96. The van der Waals surface area contributed by atoms with E-state index in [4.69, 9.17) is 0 Å². The van der Waals surface area contributed by atoms with E-state index in [2.05, 4.69) is 414 Å². The third-order valence-corrected chi connectivity index (χ3v) is 30.2. The maximum absolute atomic E-state index is 15.9. The quantitative estimate of drug-likeness (QED) is 0.0754. The van der Waals surface area contributed by atoms with Crippen molar-refractivity contribution in [2.45, 2.75) is 54.8 Å². The summed E-state index contributed by atoms with van der Waals surface area (Å²) < 4.78 is 46.2. The fourth-order valence-electron chi connectivity index (χ4n) is 23.5. The van der Waals surface area contributed by atoms with Crippen molar-refractivity contribution in [3.05, 3.63) is 585 Å². The van der Waals surface area contributed by atoms with Gasteiger partial charge in [0.05, 0.1) is 16.2 Å². The maximum Gasteiger partial charge on any atom is 0.123 e. The first-order chi connectivity index (χ1) is 67.1. The topological polar surface area (TPSA) is 13.0 Å². The number of halogens is 3. The molecule has 0 saturated carbocycles. The van der Waals surface area contributed by atoms with Gasteiger partial charge in [-0.15, -0.1) is 0 Å². The van der Waals surface area contributed by atoms with Crippen LogP contribution >= 0.6 is 0 Å². The highest BCUT2D eigenvalue weighted by atomic mass is 19.1. The van der Waals surface area contributed by atoms with E-state index in [0.717, 1.165) is 185 Å². The van der Waals surface area contributed by atoms with Gasteiger partial charge in [-0.1, -0.05) is 285 Å². The van der Waals surface area contributed by atoms with Crippen LogP contribution in [0.15, 0.2) is 467 Å². The molecule has 0 spiro atoms. The minimum Gasteiger partial charge on any atom is -0.310 e. The molecule has 136 heavy (non-hydrogen) atoms. The van der Waals surface area contributed by atoms with Crippen LogP contribution in [0.2, 0.25) is 0 Å². The number of fused-ring (bicyclic) bond motifs is 12. The summed E-state index contributed by atoms with van der Waals surface area (Å²) in [6.45, 7) is 0. The molecule has 20 aromatic carbocycles. The number of hydrogen-bond donors (Lipinski definition) is 0. The van der Waals surface area contributed by atoms with E-state index in [-0.39, 0.29) is 17.5 Å². The van der Waals surface area contributed by atoms with Gasteiger partial charge in [0.2, 0.25) is 0 Å². The molecule has 2 atom stereocenters.